The van der Waals surface area contributed by atoms with Crippen molar-refractivity contribution in [2.24, 2.45) is 11.3 Å². The van der Waals surface area contributed by atoms with Crippen LogP contribution in [-0.2, 0) is 9.53 Å². The molecular weight excluding hydrogens is 396 g/mol. The van der Waals surface area contributed by atoms with Crippen LogP contribution in [0.5, 0.6) is 0 Å². The SMILES string of the molecule is CC(C)CCC(C)(C)C(=O)OCCCCCCCSc1cc(=O)oc2ccccc12. The molecule has 0 aliphatic rings. The van der Waals surface area contributed by atoms with E-state index in [0.717, 1.165) is 61.0 Å². The lowest BCUT2D eigenvalue weighted by Crippen LogP contribution is -2.27. The van der Waals surface area contributed by atoms with Crippen molar-refractivity contribution < 1.29 is 13.9 Å². The molecular formula is C25H36O4S. The molecule has 0 saturated carbocycles. The predicted octanol–water partition coefficient (Wildman–Crippen LogP) is 6.84. The molecule has 0 aliphatic carbocycles. The second-order valence-corrected chi connectivity index (χ2v) is 10.1. The van der Waals surface area contributed by atoms with Gasteiger partial charge in [-0.25, -0.2) is 4.79 Å². The number of para-hydroxylation sites is 1. The minimum Gasteiger partial charge on any atom is -0.465 e. The normalized spacial score (nSPS) is 11.9. The summed E-state index contributed by atoms with van der Waals surface area (Å²) in [5.41, 5.74) is -0.0343. The molecule has 1 aromatic heterocycles. The van der Waals surface area contributed by atoms with E-state index in [0.29, 0.717) is 18.1 Å². The Morgan fingerprint density at radius 1 is 1.10 bits per heavy atom. The Kier molecular flexibility index (Phi) is 9.96. The van der Waals surface area contributed by atoms with Crippen LogP contribution < -0.4 is 5.63 Å². The van der Waals surface area contributed by atoms with Crippen molar-refractivity contribution in [3.05, 3.63) is 40.8 Å². The quantitative estimate of drug-likeness (QED) is 0.150. The molecule has 0 radical (unpaired) electrons. The van der Waals surface area contributed by atoms with Gasteiger partial charge in [0, 0.05) is 16.3 Å². The van der Waals surface area contributed by atoms with E-state index in [4.69, 9.17) is 9.15 Å². The summed E-state index contributed by atoms with van der Waals surface area (Å²) in [5.74, 6) is 1.51. The van der Waals surface area contributed by atoms with Crippen LogP contribution in [-0.4, -0.2) is 18.3 Å². The second kappa shape index (κ2) is 12.2. The third-order valence-corrected chi connectivity index (χ3v) is 6.43. The maximum atomic E-state index is 12.2. The van der Waals surface area contributed by atoms with E-state index in [1.54, 1.807) is 17.8 Å². The smallest absolute Gasteiger partial charge is 0.337 e. The highest BCUT2D eigenvalue weighted by Crippen LogP contribution is 2.28. The highest BCUT2D eigenvalue weighted by Gasteiger charge is 2.28. The molecule has 0 unspecified atom stereocenters. The van der Waals surface area contributed by atoms with Crippen LogP contribution in [0, 0.1) is 11.3 Å². The van der Waals surface area contributed by atoms with E-state index in [-0.39, 0.29) is 17.0 Å². The highest BCUT2D eigenvalue weighted by molar-refractivity contribution is 7.99. The van der Waals surface area contributed by atoms with E-state index in [1.807, 2.05) is 38.1 Å². The molecule has 1 heterocycles. The molecule has 2 aromatic rings. The zero-order valence-corrected chi connectivity index (χ0v) is 19.7. The summed E-state index contributed by atoms with van der Waals surface area (Å²) in [7, 11) is 0. The molecule has 0 spiro atoms. The molecule has 0 amide bonds. The third-order valence-electron chi connectivity index (χ3n) is 5.29. The minimum absolute atomic E-state index is 0.0703. The molecule has 0 fully saturated rings. The number of fused-ring (bicyclic) bond motifs is 1. The summed E-state index contributed by atoms with van der Waals surface area (Å²) in [5, 5.41) is 1.00. The van der Waals surface area contributed by atoms with Crippen LogP contribution in [0.1, 0.15) is 72.6 Å². The van der Waals surface area contributed by atoms with Gasteiger partial charge in [0.1, 0.15) is 5.58 Å². The monoisotopic (exact) mass is 432 g/mol. The molecule has 0 saturated heterocycles. The Morgan fingerprint density at radius 3 is 2.57 bits per heavy atom. The minimum atomic E-state index is -0.389. The fourth-order valence-corrected chi connectivity index (χ4v) is 4.30. The van der Waals surface area contributed by atoms with Gasteiger partial charge in [-0.3, -0.25) is 4.79 Å². The molecule has 2 rings (SSSR count). The van der Waals surface area contributed by atoms with Crippen LogP contribution in [0.4, 0.5) is 0 Å². The molecule has 4 nitrogen and oxygen atoms in total. The van der Waals surface area contributed by atoms with Crippen molar-refractivity contribution in [3.63, 3.8) is 0 Å². The Morgan fingerprint density at radius 2 is 1.80 bits per heavy atom. The zero-order valence-electron chi connectivity index (χ0n) is 18.9. The Bertz CT molecular complexity index is 854. The Labute approximate surface area is 184 Å². The zero-order chi connectivity index (χ0) is 22.0. The number of carbonyl (C=O) groups excluding carboxylic acids is 1. The molecule has 0 atom stereocenters. The number of carbonyl (C=O) groups is 1. The first-order valence-corrected chi connectivity index (χ1v) is 12.1. The lowest BCUT2D eigenvalue weighted by molar-refractivity contribution is -0.154. The first-order valence-electron chi connectivity index (χ1n) is 11.1. The third kappa shape index (κ3) is 8.17. The summed E-state index contributed by atoms with van der Waals surface area (Å²) >= 11 is 1.72. The van der Waals surface area contributed by atoms with Gasteiger partial charge in [-0.2, -0.15) is 0 Å². The number of esters is 1. The average Bonchev–Trinajstić information content (AvgIpc) is 2.70. The van der Waals surface area contributed by atoms with Crippen LogP contribution >= 0.6 is 11.8 Å². The van der Waals surface area contributed by atoms with Gasteiger partial charge in [0.05, 0.1) is 12.0 Å². The van der Waals surface area contributed by atoms with E-state index in [9.17, 15) is 9.59 Å². The van der Waals surface area contributed by atoms with Gasteiger partial charge >= 0.3 is 11.6 Å². The summed E-state index contributed by atoms with van der Waals surface area (Å²) in [4.78, 5) is 24.9. The molecule has 1 aromatic carbocycles. The first kappa shape index (κ1) is 24.5. The number of hydrogen-bond donors (Lipinski definition) is 0. The van der Waals surface area contributed by atoms with Crippen molar-refractivity contribution in [2.45, 2.75) is 77.5 Å². The molecule has 5 heteroatoms. The standard InChI is InChI=1S/C25H36O4S/c1-19(2)14-15-25(3,4)24(27)28-16-10-6-5-7-11-17-30-22-18-23(26)29-21-13-9-8-12-20(21)22/h8-9,12-13,18-19H,5-7,10-11,14-17H2,1-4H3. The van der Waals surface area contributed by atoms with E-state index in [2.05, 4.69) is 13.8 Å². The van der Waals surface area contributed by atoms with E-state index < -0.39 is 0 Å². The van der Waals surface area contributed by atoms with Crippen molar-refractivity contribution in [2.75, 3.05) is 12.4 Å². The van der Waals surface area contributed by atoms with Crippen LogP contribution in [0.2, 0.25) is 0 Å². The fraction of sp³-hybridized carbons (Fsp3) is 0.600. The Hall–Kier alpha value is -1.75. The number of unbranched alkanes of at least 4 members (excludes halogenated alkanes) is 4. The number of benzene rings is 1. The van der Waals surface area contributed by atoms with Gasteiger partial charge in [-0.1, -0.05) is 51.3 Å². The number of hydrogen-bond acceptors (Lipinski definition) is 5. The predicted molar refractivity (Wildman–Crippen MR) is 125 cm³/mol. The fourth-order valence-electron chi connectivity index (χ4n) is 3.23. The number of thioether (sulfide) groups is 1. The summed E-state index contributed by atoms with van der Waals surface area (Å²) in [6.45, 7) is 8.84. The summed E-state index contributed by atoms with van der Waals surface area (Å²) < 4.78 is 10.7. The van der Waals surface area contributed by atoms with Gasteiger partial charge in [-0.15, -0.1) is 11.8 Å². The van der Waals surface area contributed by atoms with E-state index >= 15 is 0 Å². The maximum absolute atomic E-state index is 12.2. The van der Waals surface area contributed by atoms with Crippen molar-refractivity contribution in [1.82, 2.24) is 0 Å². The van der Waals surface area contributed by atoms with Crippen molar-refractivity contribution in [3.8, 4) is 0 Å². The topological polar surface area (TPSA) is 56.5 Å². The summed E-state index contributed by atoms with van der Waals surface area (Å²) in [6.07, 6.45) is 7.28. The lowest BCUT2D eigenvalue weighted by atomic mass is 9.85. The summed E-state index contributed by atoms with van der Waals surface area (Å²) in [6, 6.07) is 9.25. The molecule has 0 N–H and O–H groups in total. The average molecular weight is 433 g/mol. The molecule has 30 heavy (non-hydrogen) atoms. The van der Waals surface area contributed by atoms with Crippen LogP contribution in [0.3, 0.4) is 0 Å². The molecule has 166 valence electrons. The van der Waals surface area contributed by atoms with Crippen LogP contribution in [0.15, 0.2) is 44.4 Å². The second-order valence-electron chi connectivity index (χ2n) is 8.99. The van der Waals surface area contributed by atoms with Gasteiger partial charge in [0.25, 0.3) is 0 Å². The molecule has 0 bridgehead atoms. The van der Waals surface area contributed by atoms with Crippen molar-refractivity contribution in [1.29, 1.82) is 0 Å². The van der Waals surface area contributed by atoms with Gasteiger partial charge < -0.3 is 9.15 Å². The highest BCUT2D eigenvalue weighted by atomic mass is 32.2. The van der Waals surface area contributed by atoms with Gasteiger partial charge in [-0.05, 0) is 57.3 Å². The van der Waals surface area contributed by atoms with E-state index in [1.165, 1.54) is 0 Å². The van der Waals surface area contributed by atoms with Crippen LogP contribution in [0.25, 0.3) is 11.0 Å². The molecule has 0 aliphatic heterocycles. The van der Waals surface area contributed by atoms with Crippen molar-refractivity contribution >= 4 is 28.7 Å². The van der Waals surface area contributed by atoms with Gasteiger partial charge in [0.2, 0.25) is 0 Å². The van der Waals surface area contributed by atoms with Gasteiger partial charge in [0.15, 0.2) is 0 Å². The Balaban J connectivity index is 1.58. The first-order chi connectivity index (χ1) is 14.3. The lowest BCUT2D eigenvalue weighted by Gasteiger charge is -2.23. The number of rotatable bonds is 13. The largest absolute Gasteiger partial charge is 0.465 e. The maximum Gasteiger partial charge on any atom is 0.337 e. The number of ether oxygens (including phenoxy) is 1.